The van der Waals surface area contributed by atoms with Gasteiger partial charge < -0.3 is 9.47 Å². The van der Waals surface area contributed by atoms with E-state index in [1.165, 1.54) is 5.56 Å². The zero-order valence-electron chi connectivity index (χ0n) is 14.9. The predicted molar refractivity (Wildman–Crippen MR) is 109 cm³/mol. The van der Waals surface area contributed by atoms with E-state index in [9.17, 15) is 4.79 Å². The number of nitrogens with zero attached hydrogens (tertiary/aromatic N) is 2. The maximum atomic E-state index is 12.5. The fraction of sp³-hybridized carbons (Fsp3) is 0.227. The Bertz CT molecular complexity index is 840. The molecule has 1 amide bonds. The molecule has 0 atom stereocenters. The molecule has 0 bridgehead atoms. The highest BCUT2D eigenvalue weighted by Gasteiger charge is 2.15. The first-order chi connectivity index (χ1) is 12.7. The molecule has 2 aromatic carbocycles. The molecule has 0 spiro atoms. The lowest BCUT2D eigenvalue weighted by molar-refractivity contribution is -0.132. The molecule has 1 heterocycles. The molecule has 0 aliphatic carbocycles. The molecule has 0 saturated carbocycles. The van der Waals surface area contributed by atoms with E-state index in [0.717, 1.165) is 22.3 Å². The van der Waals surface area contributed by atoms with E-state index in [4.69, 9.17) is 0 Å². The van der Waals surface area contributed by atoms with Crippen LogP contribution in [0.15, 0.2) is 77.4 Å². The summed E-state index contributed by atoms with van der Waals surface area (Å²) in [4.78, 5) is 14.4. The fourth-order valence-corrected chi connectivity index (χ4v) is 3.25. The molecular formula is C22H23BrN2O. The molecule has 0 unspecified atom stereocenters. The Hall–Kier alpha value is -2.33. The second-order valence-electron chi connectivity index (χ2n) is 6.34. The van der Waals surface area contributed by atoms with Gasteiger partial charge in [0.25, 0.3) is 0 Å². The quantitative estimate of drug-likeness (QED) is 0.522. The van der Waals surface area contributed by atoms with Crippen molar-refractivity contribution in [2.75, 3.05) is 0 Å². The van der Waals surface area contributed by atoms with E-state index >= 15 is 0 Å². The largest absolute Gasteiger partial charge is 0.345 e. The third kappa shape index (κ3) is 4.85. The number of rotatable bonds is 7. The Balaban J connectivity index is 1.76. The van der Waals surface area contributed by atoms with Crippen molar-refractivity contribution in [3.05, 3.63) is 94.2 Å². The highest BCUT2D eigenvalue weighted by Crippen LogP contribution is 2.16. The number of aromatic nitrogens is 1. The summed E-state index contributed by atoms with van der Waals surface area (Å²) >= 11 is 3.47. The van der Waals surface area contributed by atoms with Crippen molar-refractivity contribution in [1.82, 2.24) is 9.47 Å². The van der Waals surface area contributed by atoms with Gasteiger partial charge >= 0.3 is 0 Å². The summed E-state index contributed by atoms with van der Waals surface area (Å²) in [6.07, 6.45) is 2.59. The Kier molecular flexibility index (Phi) is 6.29. The highest BCUT2D eigenvalue weighted by molar-refractivity contribution is 9.10. The first kappa shape index (κ1) is 18.5. The average molecular weight is 411 g/mol. The van der Waals surface area contributed by atoms with Crippen LogP contribution in [0.3, 0.4) is 0 Å². The van der Waals surface area contributed by atoms with E-state index in [1.54, 1.807) is 0 Å². The van der Waals surface area contributed by atoms with Crippen LogP contribution in [0.5, 0.6) is 0 Å². The number of carbonyl (C=O) groups is 1. The minimum absolute atomic E-state index is 0.172. The van der Waals surface area contributed by atoms with E-state index in [-0.39, 0.29) is 5.91 Å². The summed E-state index contributed by atoms with van der Waals surface area (Å²) in [5.74, 6) is 0.172. The number of amides is 1. The van der Waals surface area contributed by atoms with Gasteiger partial charge in [-0.2, -0.15) is 0 Å². The minimum Gasteiger partial charge on any atom is -0.345 e. The standard InChI is InChI=1S/C22H23BrN2O/c1-2-22(26)25(16-18-7-4-3-5-8-18)17-21-9-6-14-24(21)15-19-10-12-20(23)13-11-19/h3-14H,2,15-17H2,1H3. The van der Waals surface area contributed by atoms with Gasteiger partial charge in [-0.05, 0) is 35.4 Å². The Labute approximate surface area is 163 Å². The molecular weight excluding hydrogens is 388 g/mol. The monoisotopic (exact) mass is 410 g/mol. The van der Waals surface area contributed by atoms with Gasteiger partial charge in [-0.15, -0.1) is 0 Å². The number of benzene rings is 2. The molecule has 134 valence electrons. The van der Waals surface area contributed by atoms with Crippen LogP contribution in [-0.2, 0) is 24.4 Å². The molecule has 26 heavy (non-hydrogen) atoms. The van der Waals surface area contributed by atoms with Crippen molar-refractivity contribution < 1.29 is 4.79 Å². The third-order valence-electron chi connectivity index (χ3n) is 4.41. The van der Waals surface area contributed by atoms with E-state index in [0.29, 0.717) is 19.5 Å². The molecule has 1 aromatic heterocycles. The average Bonchev–Trinajstić information content (AvgIpc) is 3.10. The summed E-state index contributed by atoms with van der Waals surface area (Å²) in [7, 11) is 0. The van der Waals surface area contributed by atoms with Crippen LogP contribution in [0.1, 0.15) is 30.2 Å². The van der Waals surface area contributed by atoms with Crippen molar-refractivity contribution in [2.45, 2.75) is 33.0 Å². The summed E-state index contributed by atoms with van der Waals surface area (Å²) in [5, 5.41) is 0. The summed E-state index contributed by atoms with van der Waals surface area (Å²) < 4.78 is 3.29. The summed E-state index contributed by atoms with van der Waals surface area (Å²) in [5.41, 5.74) is 3.54. The third-order valence-corrected chi connectivity index (χ3v) is 4.94. The molecule has 0 fully saturated rings. The lowest BCUT2D eigenvalue weighted by Crippen LogP contribution is -2.30. The number of hydrogen-bond donors (Lipinski definition) is 0. The SMILES string of the molecule is CCC(=O)N(Cc1ccccc1)Cc1cccn1Cc1ccc(Br)cc1. The number of hydrogen-bond acceptors (Lipinski definition) is 1. The fourth-order valence-electron chi connectivity index (χ4n) is 2.99. The van der Waals surface area contributed by atoms with Crippen molar-refractivity contribution in [2.24, 2.45) is 0 Å². The van der Waals surface area contributed by atoms with Gasteiger partial charge in [0.05, 0.1) is 6.54 Å². The van der Waals surface area contributed by atoms with Crippen LogP contribution in [0, 0.1) is 0 Å². The minimum atomic E-state index is 0.172. The van der Waals surface area contributed by atoms with Gasteiger partial charge in [0, 0.05) is 35.9 Å². The number of halogens is 1. The van der Waals surface area contributed by atoms with E-state index in [2.05, 4.69) is 69.2 Å². The van der Waals surface area contributed by atoms with Crippen LogP contribution >= 0.6 is 15.9 Å². The lowest BCUT2D eigenvalue weighted by atomic mass is 10.2. The molecule has 0 saturated heterocycles. The second-order valence-corrected chi connectivity index (χ2v) is 7.26. The van der Waals surface area contributed by atoms with Crippen LogP contribution in [0.25, 0.3) is 0 Å². The van der Waals surface area contributed by atoms with Gasteiger partial charge in [0.2, 0.25) is 5.91 Å². The molecule has 0 aliphatic heterocycles. The smallest absolute Gasteiger partial charge is 0.222 e. The predicted octanol–water partition coefficient (Wildman–Crippen LogP) is 5.24. The van der Waals surface area contributed by atoms with Crippen molar-refractivity contribution >= 4 is 21.8 Å². The summed E-state index contributed by atoms with van der Waals surface area (Å²) in [6.45, 7) is 3.97. The molecule has 0 N–H and O–H groups in total. The zero-order valence-corrected chi connectivity index (χ0v) is 16.5. The van der Waals surface area contributed by atoms with Gasteiger partial charge in [0.1, 0.15) is 0 Å². The van der Waals surface area contributed by atoms with Crippen LogP contribution < -0.4 is 0 Å². The van der Waals surface area contributed by atoms with Crippen LogP contribution in [-0.4, -0.2) is 15.4 Å². The normalized spacial score (nSPS) is 10.7. The van der Waals surface area contributed by atoms with Gasteiger partial charge in [-0.1, -0.05) is 65.3 Å². The lowest BCUT2D eigenvalue weighted by Gasteiger charge is -2.23. The van der Waals surface area contributed by atoms with Crippen molar-refractivity contribution in [1.29, 1.82) is 0 Å². The van der Waals surface area contributed by atoms with E-state index in [1.807, 2.05) is 36.1 Å². The molecule has 3 rings (SSSR count). The van der Waals surface area contributed by atoms with Crippen LogP contribution in [0.4, 0.5) is 0 Å². The van der Waals surface area contributed by atoms with Crippen molar-refractivity contribution in [3.8, 4) is 0 Å². The maximum absolute atomic E-state index is 12.5. The summed E-state index contributed by atoms with van der Waals surface area (Å²) in [6, 6.07) is 22.7. The number of carbonyl (C=O) groups excluding carboxylic acids is 1. The van der Waals surface area contributed by atoms with E-state index < -0.39 is 0 Å². The van der Waals surface area contributed by atoms with Gasteiger partial charge in [-0.3, -0.25) is 4.79 Å². The first-order valence-electron chi connectivity index (χ1n) is 8.86. The maximum Gasteiger partial charge on any atom is 0.222 e. The Morgan fingerprint density at radius 1 is 0.923 bits per heavy atom. The Morgan fingerprint density at radius 2 is 1.65 bits per heavy atom. The molecule has 3 nitrogen and oxygen atoms in total. The Morgan fingerprint density at radius 3 is 2.35 bits per heavy atom. The molecule has 3 aromatic rings. The second kappa shape index (κ2) is 8.86. The van der Waals surface area contributed by atoms with Crippen LogP contribution in [0.2, 0.25) is 0 Å². The topological polar surface area (TPSA) is 25.2 Å². The van der Waals surface area contributed by atoms with Gasteiger partial charge in [0.15, 0.2) is 0 Å². The first-order valence-corrected chi connectivity index (χ1v) is 9.65. The molecule has 0 aliphatic rings. The highest BCUT2D eigenvalue weighted by atomic mass is 79.9. The van der Waals surface area contributed by atoms with Gasteiger partial charge in [-0.25, -0.2) is 0 Å². The zero-order chi connectivity index (χ0) is 18.4. The molecule has 4 heteroatoms. The van der Waals surface area contributed by atoms with Crippen molar-refractivity contribution in [3.63, 3.8) is 0 Å². The molecule has 0 radical (unpaired) electrons.